The van der Waals surface area contributed by atoms with Crippen LogP contribution in [0.15, 0.2) is 48.5 Å². The number of nitrogens with one attached hydrogen (secondary N) is 1. The highest BCUT2D eigenvalue weighted by atomic mass is 16.5. The van der Waals surface area contributed by atoms with Gasteiger partial charge < -0.3 is 14.8 Å². The molecule has 1 N–H and O–H groups in total. The van der Waals surface area contributed by atoms with Crippen molar-refractivity contribution in [1.29, 1.82) is 0 Å². The van der Waals surface area contributed by atoms with Crippen LogP contribution in [-0.2, 0) is 10.2 Å². The van der Waals surface area contributed by atoms with Crippen molar-refractivity contribution < 1.29 is 14.3 Å². The van der Waals surface area contributed by atoms with Gasteiger partial charge in [-0.1, -0.05) is 57.5 Å². The smallest absolute Gasteiger partial charge is 0.261 e. The fraction of sp³-hybridized carbons (Fsp3) is 0.458. The number of hydrogen-bond donors (Lipinski definition) is 1. The molecule has 152 valence electrons. The van der Waals surface area contributed by atoms with Crippen molar-refractivity contribution in [3.63, 3.8) is 0 Å². The third-order valence-corrected chi connectivity index (χ3v) is 4.57. The standard InChI is InChI=1S/C24H33NO3/c1-7-22(28-21-14-10-19(11-15-21)24(4,5)6)23(26)25-18(3)16-27-20-12-8-17(2)9-13-20/h8-15,18,22H,7,16H2,1-6H3,(H,25,26). The molecule has 1 amide bonds. The van der Waals surface area contributed by atoms with Crippen molar-refractivity contribution in [2.24, 2.45) is 0 Å². The highest BCUT2D eigenvalue weighted by molar-refractivity contribution is 5.81. The number of benzene rings is 2. The summed E-state index contributed by atoms with van der Waals surface area (Å²) < 4.78 is 11.7. The Balaban J connectivity index is 1.87. The zero-order valence-corrected chi connectivity index (χ0v) is 17.9. The van der Waals surface area contributed by atoms with Crippen LogP contribution in [0.25, 0.3) is 0 Å². The van der Waals surface area contributed by atoms with Gasteiger partial charge in [-0.3, -0.25) is 4.79 Å². The predicted octanol–water partition coefficient (Wildman–Crippen LogP) is 5.03. The van der Waals surface area contributed by atoms with Gasteiger partial charge in [0.25, 0.3) is 5.91 Å². The van der Waals surface area contributed by atoms with Gasteiger partial charge in [0.05, 0.1) is 6.04 Å². The lowest BCUT2D eigenvalue weighted by atomic mass is 9.87. The first-order valence-corrected chi connectivity index (χ1v) is 9.96. The van der Waals surface area contributed by atoms with Crippen LogP contribution in [-0.4, -0.2) is 24.7 Å². The lowest BCUT2D eigenvalue weighted by molar-refractivity contribution is -0.128. The number of carbonyl (C=O) groups is 1. The first kappa shape index (κ1) is 21.8. The minimum atomic E-state index is -0.526. The van der Waals surface area contributed by atoms with Crippen LogP contribution in [0.1, 0.15) is 52.2 Å². The van der Waals surface area contributed by atoms with E-state index in [1.807, 2.05) is 57.2 Å². The molecule has 0 bridgehead atoms. The zero-order chi connectivity index (χ0) is 20.7. The highest BCUT2D eigenvalue weighted by Gasteiger charge is 2.21. The molecule has 0 aliphatic heterocycles. The Morgan fingerprint density at radius 2 is 1.57 bits per heavy atom. The number of carbonyl (C=O) groups excluding carboxylic acids is 1. The van der Waals surface area contributed by atoms with Gasteiger partial charge in [-0.2, -0.15) is 0 Å². The summed E-state index contributed by atoms with van der Waals surface area (Å²) in [5, 5.41) is 2.98. The molecular formula is C24H33NO3. The number of hydrogen-bond acceptors (Lipinski definition) is 3. The quantitative estimate of drug-likeness (QED) is 0.695. The second-order valence-electron chi connectivity index (χ2n) is 8.32. The highest BCUT2D eigenvalue weighted by Crippen LogP contribution is 2.25. The summed E-state index contributed by atoms with van der Waals surface area (Å²) in [5.41, 5.74) is 2.51. The predicted molar refractivity (Wildman–Crippen MR) is 114 cm³/mol. The van der Waals surface area contributed by atoms with Crippen LogP contribution in [0.4, 0.5) is 0 Å². The fourth-order valence-corrected chi connectivity index (χ4v) is 2.75. The Labute approximate surface area is 169 Å². The Hall–Kier alpha value is -2.49. The number of ether oxygens (including phenoxy) is 2. The van der Waals surface area contributed by atoms with Crippen molar-refractivity contribution in [2.45, 2.75) is 65.5 Å². The van der Waals surface area contributed by atoms with Gasteiger partial charge >= 0.3 is 0 Å². The number of aryl methyl sites for hydroxylation is 1. The maximum absolute atomic E-state index is 12.6. The molecule has 0 radical (unpaired) electrons. The van der Waals surface area contributed by atoms with E-state index in [1.165, 1.54) is 11.1 Å². The van der Waals surface area contributed by atoms with E-state index in [2.05, 4.69) is 38.2 Å². The van der Waals surface area contributed by atoms with Crippen molar-refractivity contribution in [1.82, 2.24) is 5.32 Å². The molecular weight excluding hydrogens is 350 g/mol. The maximum Gasteiger partial charge on any atom is 0.261 e. The molecule has 2 rings (SSSR count). The summed E-state index contributed by atoms with van der Waals surface area (Å²) in [6, 6.07) is 15.7. The van der Waals surface area contributed by atoms with Crippen LogP contribution < -0.4 is 14.8 Å². The molecule has 2 atom stereocenters. The van der Waals surface area contributed by atoms with E-state index < -0.39 is 6.10 Å². The molecule has 0 aliphatic rings. The molecule has 0 aliphatic carbocycles. The third kappa shape index (κ3) is 6.59. The van der Waals surface area contributed by atoms with Crippen LogP contribution in [0.2, 0.25) is 0 Å². The summed E-state index contributed by atoms with van der Waals surface area (Å²) in [5.74, 6) is 1.38. The third-order valence-electron chi connectivity index (χ3n) is 4.57. The topological polar surface area (TPSA) is 47.6 Å². The van der Waals surface area contributed by atoms with Gasteiger partial charge in [0.1, 0.15) is 18.1 Å². The first-order chi connectivity index (χ1) is 13.2. The van der Waals surface area contributed by atoms with Crippen molar-refractivity contribution in [3.8, 4) is 11.5 Å². The average molecular weight is 384 g/mol. The minimum absolute atomic E-state index is 0.0902. The molecule has 28 heavy (non-hydrogen) atoms. The second kappa shape index (κ2) is 9.63. The largest absolute Gasteiger partial charge is 0.491 e. The zero-order valence-electron chi connectivity index (χ0n) is 17.9. The second-order valence-corrected chi connectivity index (χ2v) is 8.32. The molecule has 0 spiro atoms. The summed E-state index contributed by atoms with van der Waals surface area (Å²) in [4.78, 5) is 12.6. The van der Waals surface area contributed by atoms with Crippen LogP contribution in [0, 0.1) is 6.92 Å². The SMILES string of the molecule is CCC(Oc1ccc(C(C)(C)C)cc1)C(=O)NC(C)COc1ccc(C)cc1. The monoisotopic (exact) mass is 383 g/mol. The molecule has 2 unspecified atom stereocenters. The molecule has 0 saturated carbocycles. The van der Waals surface area contributed by atoms with Gasteiger partial charge in [0, 0.05) is 0 Å². The summed E-state index contributed by atoms with van der Waals surface area (Å²) >= 11 is 0. The molecule has 2 aromatic carbocycles. The molecule has 0 heterocycles. The minimum Gasteiger partial charge on any atom is -0.491 e. The van der Waals surface area contributed by atoms with E-state index in [-0.39, 0.29) is 17.4 Å². The van der Waals surface area contributed by atoms with E-state index in [0.29, 0.717) is 18.8 Å². The average Bonchev–Trinajstić information content (AvgIpc) is 2.65. The lowest BCUT2D eigenvalue weighted by Crippen LogP contribution is -2.44. The number of rotatable bonds is 8. The Morgan fingerprint density at radius 1 is 1.00 bits per heavy atom. The maximum atomic E-state index is 12.6. The molecule has 4 nitrogen and oxygen atoms in total. The van der Waals surface area contributed by atoms with Gasteiger partial charge in [0.15, 0.2) is 6.10 Å². The Bertz CT molecular complexity index is 745. The lowest BCUT2D eigenvalue weighted by Gasteiger charge is -2.22. The van der Waals surface area contributed by atoms with E-state index in [9.17, 15) is 4.79 Å². The summed E-state index contributed by atoms with van der Waals surface area (Å²) in [6.45, 7) is 12.8. The van der Waals surface area contributed by atoms with E-state index >= 15 is 0 Å². The summed E-state index contributed by atoms with van der Waals surface area (Å²) in [7, 11) is 0. The van der Waals surface area contributed by atoms with E-state index in [0.717, 1.165) is 5.75 Å². The number of amides is 1. The molecule has 0 fully saturated rings. The summed E-state index contributed by atoms with van der Waals surface area (Å²) in [6.07, 6.45) is 0.0700. The molecule has 2 aromatic rings. The van der Waals surface area contributed by atoms with Crippen LogP contribution in [0.3, 0.4) is 0 Å². The van der Waals surface area contributed by atoms with Crippen LogP contribution >= 0.6 is 0 Å². The van der Waals surface area contributed by atoms with E-state index in [1.54, 1.807) is 0 Å². The van der Waals surface area contributed by atoms with Crippen LogP contribution in [0.5, 0.6) is 11.5 Å². The molecule has 0 aromatic heterocycles. The van der Waals surface area contributed by atoms with E-state index in [4.69, 9.17) is 9.47 Å². The van der Waals surface area contributed by atoms with Gasteiger partial charge in [-0.15, -0.1) is 0 Å². The molecule has 0 saturated heterocycles. The molecule has 4 heteroatoms. The van der Waals surface area contributed by atoms with Crippen molar-refractivity contribution in [2.75, 3.05) is 6.61 Å². The fourth-order valence-electron chi connectivity index (χ4n) is 2.75. The van der Waals surface area contributed by atoms with Gasteiger partial charge in [-0.25, -0.2) is 0 Å². The first-order valence-electron chi connectivity index (χ1n) is 9.96. The van der Waals surface area contributed by atoms with Crippen molar-refractivity contribution >= 4 is 5.91 Å². The Morgan fingerprint density at radius 3 is 2.11 bits per heavy atom. The van der Waals surface area contributed by atoms with Crippen molar-refractivity contribution in [3.05, 3.63) is 59.7 Å². The Kier molecular flexibility index (Phi) is 7.50. The normalized spacial score (nSPS) is 13.5. The van der Waals surface area contributed by atoms with Gasteiger partial charge in [-0.05, 0) is 55.5 Å². The van der Waals surface area contributed by atoms with Gasteiger partial charge in [0.2, 0.25) is 0 Å².